The van der Waals surface area contributed by atoms with E-state index in [9.17, 15) is 0 Å². The lowest BCUT2D eigenvalue weighted by Crippen LogP contribution is -2.16. The highest BCUT2D eigenvalue weighted by atomic mass is 32.2. The van der Waals surface area contributed by atoms with Gasteiger partial charge in [-0.25, -0.2) is 0 Å². The van der Waals surface area contributed by atoms with Crippen molar-refractivity contribution in [1.82, 2.24) is 5.32 Å². The van der Waals surface area contributed by atoms with Crippen LogP contribution in [0, 0.1) is 6.92 Å². The molecule has 1 heterocycles. The van der Waals surface area contributed by atoms with Crippen LogP contribution in [-0.4, -0.2) is 19.1 Å². The van der Waals surface area contributed by atoms with Crippen LogP contribution >= 0.6 is 11.8 Å². The normalized spacial score (nSPS) is 13.1. The fourth-order valence-electron chi connectivity index (χ4n) is 2.07. The summed E-state index contributed by atoms with van der Waals surface area (Å²) in [5.41, 5.74) is 2.22. The number of aryl methyl sites for hydroxylation is 1. The molecule has 1 unspecified atom stereocenters. The average Bonchev–Trinajstić information content (AvgIpc) is 2.75. The Hall–Kier alpha value is -0.930. The zero-order valence-corrected chi connectivity index (χ0v) is 11.4. The molecular formula is C14H19NOS. The Labute approximate surface area is 107 Å². The van der Waals surface area contributed by atoms with Gasteiger partial charge in [0, 0.05) is 5.39 Å². The van der Waals surface area contributed by atoms with Crippen molar-refractivity contribution in [3.63, 3.8) is 0 Å². The molecule has 2 nitrogen and oxygen atoms in total. The molecule has 0 spiro atoms. The van der Waals surface area contributed by atoms with Gasteiger partial charge in [-0.1, -0.05) is 18.2 Å². The fourth-order valence-corrected chi connectivity index (χ4v) is 2.54. The quantitative estimate of drug-likeness (QED) is 0.873. The summed E-state index contributed by atoms with van der Waals surface area (Å²) in [6, 6.07) is 8.74. The second kappa shape index (κ2) is 5.61. The van der Waals surface area contributed by atoms with Gasteiger partial charge in [0.15, 0.2) is 0 Å². The summed E-state index contributed by atoms with van der Waals surface area (Å²) >= 11 is 1.87. The molecule has 0 radical (unpaired) electrons. The van der Waals surface area contributed by atoms with Gasteiger partial charge < -0.3 is 9.73 Å². The van der Waals surface area contributed by atoms with E-state index in [2.05, 4.69) is 42.8 Å². The molecule has 1 atom stereocenters. The van der Waals surface area contributed by atoms with E-state index >= 15 is 0 Å². The van der Waals surface area contributed by atoms with Crippen molar-refractivity contribution in [3.8, 4) is 0 Å². The number of thioether (sulfide) groups is 1. The summed E-state index contributed by atoms with van der Waals surface area (Å²) in [6.07, 6.45) is 3.23. The Morgan fingerprint density at radius 1 is 1.41 bits per heavy atom. The number of hydrogen-bond donors (Lipinski definition) is 1. The van der Waals surface area contributed by atoms with Crippen LogP contribution in [0.2, 0.25) is 0 Å². The van der Waals surface area contributed by atoms with Crippen LogP contribution in [0.25, 0.3) is 11.0 Å². The lowest BCUT2D eigenvalue weighted by molar-refractivity contribution is 0.445. The third-order valence-corrected chi connectivity index (χ3v) is 3.71. The predicted octanol–water partition coefficient (Wildman–Crippen LogP) is 3.75. The van der Waals surface area contributed by atoms with Crippen LogP contribution in [0.3, 0.4) is 0 Å². The number of para-hydroxylation sites is 1. The van der Waals surface area contributed by atoms with Gasteiger partial charge in [0.1, 0.15) is 11.3 Å². The Balaban J connectivity index is 2.31. The summed E-state index contributed by atoms with van der Waals surface area (Å²) in [6.45, 7) is 2.09. The average molecular weight is 249 g/mol. The molecule has 92 valence electrons. The molecule has 2 rings (SSSR count). The van der Waals surface area contributed by atoms with E-state index < -0.39 is 0 Å². The molecule has 17 heavy (non-hydrogen) atoms. The van der Waals surface area contributed by atoms with Gasteiger partial charge in [-0.05, 0) is 44.0 Å². The highest BCUT2D eigenvalue weighted by Crippen LogP contribution is 2.28. The third kappa shape index (κ3) is 2.67. The van der Waals surface area contributed by atoms with Gasteiger partial charge >= 0.3 is 0 Å². The van der Waals surface area contributed by atoms with Crippen LogP contribution in [0.4, 0.5) is 0 Å². The molecule has 0 aliphatic rings. The van der Waals surface area contributed by atoms with Crippen LogP contribution in [-0.2, 0) is 0 Å². The van der Waals surface area contributed by atoms with Crippen molar-refractivity contribution in [2.45, 2.75) is 19.4 Å². The molecular weight excluding hydrogens is 230 g/mol. The highest BCUT2D eigenvalue weighted by molar-refractivity contribution is 7.98. The van der Waals surface area contributed by atoms with Crippen LogP contribution in [0.5, 0.6) is 0 Å². The van der Waals surface area contributed by atoms with E-state index in [1.54, 1.807) is 0 Å². The standard InChI is InChI=1S/C14H19NOS/c1-10-5-4-6-11-9-13(16-14(10)11)12(15-2)7-8-17-3/h4-6,9,12,15H,7-8H2,1-3H3. The molecule has 1 aromatic carbocycles. The molecule has 0 amide bonds. The minimum Gasteiger partial charge on any atom is -0.459 e. The largest absolute Gasteiger partial charge is 0.459 e. The van der Waals surface area contributed by atoms with Crippen molar-refractivity contribution in [2.24, 2.45) is 0 Å². The summed E-state index contributed by atoms with van der Waals surface area (Å²) in [7, 11) is 1.99. The van der Waals surface area contributed by atoms with Crippen molar-refractivity contribution in [3.05, 3.63) is 35.6 Å². The topological polar surface area (TPSA) is 25.2 Å². The van der Waals surface area contributed by atoms with E-state index in [0.717, 1.165) is 23.5 Å². The van der Waals surface area contributed by atoms with E-state index in [-0.39, 0.29) is 0 Å². The van der Waals surface area contributed by atoms with Gasteiger partial charge in [-0.15, -0.1) is 0 Å². The van der Waals surface area contributed by atoms with Gasteiger partial charge in [-0.2, -0.15) is 11.8 Å². The maximum atomic E-state index is 5.98. The van der Waals surface area contributed by atoms with E-state index in [1.165, 1.54) is 10.9 Å². The first-order valence-electron chi connectivity index (χ1n) is 5.91. The molecule has 1 aromatic heterocycles. The number of rotatable bonds is 5. The Morgan fingerprint density at radius 3 is 2.88 bits per heavy atom. The molecule has 0 saturated carbocycles. The summed E-state index contributed by atoms with van der Waals surface area (Å²) < 4.78 is 5.98. The molecule has 0 aliphatic carbocycles. The smallest absolute Gasteiger partial charge is 0.137 e. The summed E-state index contributed by atoms with van der Waals surface area (Å²) in [5, 5.41) is 4.53. The van der Waals surface area contributed by atoms with E-state index in [0.29, 0.717) is 6.04 Å². The SMILES string of the molecule is CNC(CCSC)c1cc2cccc(C)c2o1. The molecule has 0 saturated heterocycles. The van der Waals surface area contributed by atoms with Crippen LogP contribution in [0.1, 0.15) is 23.8 Å². The predicted molar refractivity (Wildman–Crippen MR) is 75.8 cm³/mol. The molecule has 3 heteroatoms. The minimum absolute atomic E-state index is 0.314. The summed E-state index contributed by atoms with van der Waals surface area (Å²) in [5.74, 6) is 2.19. The Bertz CT molecular complexity index is 492. The van der Waals surface area contributed by atoms with E-state index in [4.69, 9.17) is 4.42 Å². The maximum Gasteiger partial charge on any atom is 0.137 e. The van der Waals surface area contributed by atoms with Crippen LogP contribution in [0.15, 0.2) is 28.7 Å². The third-order valence-electron chi connectivity index (χ3n) is 3.06. The number of fused-ring (bicyclic) bond motifs is 1. The van der Waals surface area contributed by atoms with Crippen molar-refractivity contribution in [1.29, 1.82) is 0 Å². The zero-order chi connectivity index (χ0) is 12.3. The van der Waals surface area contributed by atoms with Crippen molar-refractivity contribution >= 4 is 22.7 Å². The Morgan fingerprint density at radius 2 is 2.24 bits per heavy atom. The van der Waals surface area contributed by atoms with Gasteiger partial charge in [-0.3, -0.25) is 0 Å². The maximum absolute atomic E-state index is 5.98. The lowest BCUT2D eigenvalue weighted by Gasteiger charge is -2.12. The van der Waals surface area contributed by atoms with E-state index in [1.807, 2.05) is 18.8 Å². The van der Waals surface area contributed by atoms with Gasteiger partial charge in [0.25, 0.3) is 0 Å². The van der Waals surface area contributed by atoms with Gasteiger partial charge in [0.2, 0.25) is 0 Å². The zero-order valence-electron chi connectivity index (χ0n) is 10.6. The lowest BCUT2D eigenvalue weighted by atomic mass is 10.1. The fraction of sp³-hybridized carbons (Fsp3) is 0.429. The van der Waals surface area contributed by atoms with Crippen molar-refractivity contribution in [2.75, 3.05) is 19.1 Å². The molecule has 1 N–H and O–H groups in total. The number of benzene rings is 1. The number of hydrogen-bond acceptors (Lipinski definition) is 3. The first-order chi connectivity index (χ1) is 8.26. The molecule has 0 fully saturated rings. The highest BCUT2D eigenvalue weighted by Gasteiger charge is 2.14. The van der Waals surface area contributed by atoms with Gasteiger partial charge in [0.05, 0.1) is 6.04 Å². The Kier molecular flexibility index (Phi) is 4.13. The first-order valence-corrected chi connectivity index (χ1v) is 7.31. The van der Waals surface area contributed by atoms with Crippen molar-refractivity contribution < 1.29 is 4.42 Å². The first kappa shape index (κ1) is 12.5. The number of furan rings is 1. The second-order valence-corrected chi connectivity index (χ2v) is 5.25. The second-order valence-electron chi connectivity index (χ2n) is 4.26. The molecule has 2 aromatic rings. The van der Waals surface area contributed by atoms with Crippen LogP contribution < -0.4 is 5.32 Å². The monoisotopic (exact) mass is 249 g/mol. The minimum atomic E-state index is 0.314. The summed E-state index contributed by atoms with van der Waals surface area (Å²) in [4.78, 5) is 0. The molecule has 0 aliphatic heterocycles. The molecule has 0 bridgehead atoms. The number of nitrogens with one attached hydrogen (secondary N) is 1.